The molecule has 0 aromatic rings. The minimum Gasteiger partial charge on any atom is -0.423 e. The number of carbonyl (C=O) groups excluding carboxylic acids is 2. The minimum absolute atomic E-state index is 0.329. The highest BCUT2D eigenvalue weighted by Crippen LogP contribution is 2.48. The van der Waals surface area contributed by atoms with Crippen molar-refractivity contribution in [3.63, 3.8) is 0 Å². The third-order valence-corrected chi connectivity index (χ3v) is 6.14. The maximum Gasteiger partial charge on any atom is 0.320 e. The molecule has 0 N–H and O–H groups in total. The van der Waals surface area contributed by atoms with Gasteiger partial charge in [0.15, 0.2) is 9.04 Å². The average Bonchev–Trinajstić information content (AvgIpc) is 2.48. The van der Waals surface area contributed by atoms with Gasteiger partial charge in [0.1, 0.15) is 0 Å². The maximum atomic E-state index is 11.7. The molecule has 2 atom stereocenters. The van der Waals surface area contributed by atoms with Crippen LogP contribution in [0.25, 0.3) is 0 Å². The fourth-order valence-electron chi connectivity index (χ4n) is 2.36. The van der Waals surface area contributed by atoms with E-state index in [2.05, 4.69) is 0 Å². The maximum absolute atomic E-state index is 11.7. The summed E-state index contributed by atoms with van der Waals surface area (Å²) in [4.78, 5) is 23.4. The molecule has 1 aliphatic heterocycles. The first-order chi connectivity index (χ1) is 7.03. The van der Waals surface area contributed by atoms with Gasteiger partial charge in [-0.1, -0.05) is 13.8 Å². The summed E-state index contributed by atoms with van der Waals surface area (Å²) >= 11 is 0. The predicted molar refractivity (Wildman–Crippen MR) is 57.9 cm³/mol. The van der Waals surface area contributed by atoms with Crippen LogP contribution >= 0.6 is 0 Å². The molecule has 0 aromatic carbocycles. The molecule has 15 heavy (non-hydrogen) atoms. The molecule has 1 rings (SSSR count). The van der Waals surface area contributed by atoms with Gasteiger partial charge in [-0.05, 0) is 19.4 Å². The summed E-state index contributed by atoms with van der Waals surface area (Å²) < 4.78 is 10.1. The van der Waals surface area contributed by atoms with Crippen LogP contribution in [-0.4, -0.2) is 28.1 Å². The number of esters is 2. The van der Waals surface area contributed by atoms with Crippen molar-refractivity contribution in [2.75, 3.05) is 7.11 Å². The topological polar surface area (TPSA) is 52.6 Å². The van der Waals surface area contributed by atoms with Gasteiger partial charge in [-0.15, -0.1) is 0 Å². The van der Waals surface area contributed by atoms with E-state index in [1.54, 1.807) is 7.11 Å². The highest BCUT2D eigenvalue weighted by Gasteiger charge is 2.58. The van der Waals surface area contributed by atoms with E-state index in [1.165, 1.54) is 0 Å². The van der Waals surface area contributed by atoms with Crippen molar-refractivity contribution in [2.24, 2.45) is 5.41 Å². The number of hydrogen-bond donors (Lipinski definition) is 0. The third-order valence-electron chi connectivity index (χ3n) is 3.55. The summed E-state index contributed by atoms with van der Waals surface area (Å²) in [6.45, 7) is 5.78. The molecule has 86 valence electrons. The number of ether oxygens (including phenoxy) is 1. The highest BCUT2D eigenvalue weighted by atomic mass is 28.3. The lowest BCUT2D eigenvalue weighted by Gasteiger charge is -2.29. The first kappa shape index (κ1) is 12.4. The molecule has 0 bridgehead atoms. The van der Waals surface area contributed by atoms with Crippen LogP contribution in [0, 0.1) is 5.41 Å². The lowest BCUT2D eigenvalue weighted by molar-refractivity contribution is -0.155. The Kier molecular flexibility index (Phi) is 3.67. The molecule has 1 aliphatic rings. The Labute approximate surface area is 91.7 Å². The van der Waals surface area contributed by atoms with Crippen molar-refractivity contribution in [1.82, 2.24) is 0 Å². The smallest absolute Gasteiger partial charge is 0.320 e. The minimum atomic E-state index is -1.69. The molecular weight excluding hydrogens is 212 g/mol. The van der Waals surface area contributed by atoms with Crippen LogP contribution in [-0.2, 0) is 18.8 Å². The Morgan fingerprint density at radius 3 is 2.33 bits per heavy atom. The molecule has 0 spiro atoms. The van der Waals surface area contributed by atoms with Crippen molar-refractivity contribution < 1.29 is 18.8 Å². The molecule has 0 aliphatic carbocycles. The Hall–Kier alpha value is -0.683. The lowest BCUT2D eigenvalue weighted by atomic mass is 9.80. The van der Waals surface area contributed by atoms with Gasteiger partial charge < -0.3 is 9.16 Å². The molecule has 4 nitrogen and oxygen atoms in total. The van der Waals surface area contributed by atoms with Crippen molar-refractivity contribution in [3.8, 4) is 0 Å². The molecule has 1 fully saturated rings. The van der Waals surface area contributed by atoms with E-state index >= 15 is 0 Å². The second-order valence-corrected chi connectivity index (χ2v) is 6.54. The molecule has 1 saturated heterocycles. The summed E-state index contributed by atoms with van der Waals surface area (Å²) in [6, 6.07) is 0. The first-order valence-electron chi connectivity index (χ1n) is 5.32. The Balaban J connectivity index is 3.09. The van der Waals surface area contributed by atoms with E-state index < -0.39 is 14.5 Å². The Bertz CT molecular complexity index is 273. The molecule has 0 radical (unpaired) electrons. The van der Waals surface area contributed by atoms with Gasteiger partial charge in [-0.2, -0.15) is 0 Å². The molecule has 0 aromatic heterocycles. The molecule has 2 unspecified atom stereocenters. The second kappa shape index (κ2) is 4.45. The molecule has 0 amide bonds. The third kappa shape index (κ3) is 1.74. The zero-order chi connectivity index (χ0) is 11.6. The molecular formula is C10H18O4Si. The van der Waals surface area contributed by atoms with Gasteiger partial charge in [-0.25, -0.2) is 0 Å². The lowest BCUT2D eigenvalue weighted by Crippen LogP contribution is -2.37. The fraction of sp³-hybridized carbons (Fsp3) is 0.800. The predicted octanol–water partition coefficient (Wildman–Crippen LogP) is 1.25. The summed E-state index contributed by atoms with van der Waals surface area (Å²) in [5.74, 6) is -0.747. The Morgan fingerprint density at radius 2 is 1.93 bits per heavy atom. The number of rotatable bonds is 4. The van der Waals surface area contributed by atoms with Crippen LogP contribution in [0.3, 0.4) is 0 Å². The first-order valence-corrected chi connectivity index (χ1v) is 7.61. The van der Waals surface area contributed by atoms with Gasteiger partial charge in [-0.3, -0.25) is 9.59 Å². The van der Waals surface area contributed by atoms with Gasteiger partial charge in [0, 0.05) is 7.11 Å². The van der Waals surface area contributed by atoms with E-state index in [9.17, 15) is 9.59 Å². The van der Waals surface area contributed by atoms with Gasteiger partial charge in [0.2, 0.25) is 0 Å². The van der Waals surface area contributed by atoms with E-state index in [0.717, 1.165) is 0 Å². The average molecular weight is 230 g/mol. The van der Waals surface area contributed by atoms with E-state index in [1.807, 2.05) is 20.4 Å². The Morgan fingerprint density at radius 1 is 1.40 bits per heavy atom. The van der Waals surface area contributed by atoms with Crippen LogP contribution in [0.1, 0.15) is 26.7 Å². The van der Waals surface area contributed by atoms with Crippen molar-refractivity contribution in [2.45, 2.75) is 38.8 Å². The highest BCUT2D eigenvalue weighted by molar-refractivity contribution is 6.58. The summed E-state index contributed by atoms with van der Waals surface area (Å²) in [7, 11) is -0.0855. The fourth-order valence-corrected chi connectivity index (χ4v) is 4.59. The molecule has 5 heteroatoms. The standard InChI is InChI=1S/C10H18O4Si/c1-5-10(6-2)7(15(4)13-3)8(11)14-9(10)12/h7,15H,5-6H2,1-4H3. The van der Waals surface area contributed by atoms with Crippen molar-refractivity contribution >= 4 is 21.0 Å². The quantitative estimate of drug-likeness (QED) is 0.414. The van der Waals surface area contributed by atoms with Crippen LogP contribution in [0.2, 0.25) is 12.1 Å². The van der Waals surface area contributed by atoms with Crippen LogP contribution in [0.4, 0.5) is 0 Å². The largest absolute Gasteiger partial charge is 0.423 e. The molecule has 0 saturated carbocycles. The molecule has 1 heterocycles. The van der Waals surface area contributed by atoms with E-state index in [-0.39, 0.29) is 17.5 Å². The summed E-state index contributed by atoms with van der Waals surface area (Å²) in [5, 5.41) is 0. The van der Waals surface area contributed by atoms with Crippen molar-refractivity contribution in [3.05, 3.63) is 0 Å². The van der Waals surface area contributed by atoms with Gasteiger partial charge >= 0.3 is 11.9 Å². The summed E-state index contributed by atoms with van der Waals surface area (Å²) in [6.07, 6.45) is 1.28. The van der Waals surface area contributed by atoms with Gasteiger partial charge in [0.25, 0.3) is 0 Å². The van der Waals surface area contributed by atoms with Gasteiger partial charge in [0.05, 0.1) is 11.0 Å². The van der Waals surface area contributed by atoms with Crippen LogP contribution < -0.4 is 0 Å². The normalized spacial score (nSPS) is 26.5. The zero-order valence-electron chi connectivity index (χ0n) is 9.70. The zero-order valence-corrected chi connectivity index (χ0v) is 10.9. The monoisotopic (exact) mass is 230 g/mol. The summed E-state index contributed by atoms with van der Waals surface area (Å²) in [5.41, 5.74) is -0.955. The second-order valence-electron chi connectivity index (χ2n) is 3.99. The van der Waals surface area contributed by atoms with Crippen LogP contribution in [0.5, 0.6) is 0 Å². The number of carbonyl (C=O) groups is 2. The number of cyclic esters (lactones) is 2. The van der Waals surface area contributed by atoms with Crippen molar-refractivity contribution in [1.29, 1.82) is 0 Å². The van der Waals surface area contributed by atoms with Crippen LogP contribution in [0.15, 0.2) is 0 Å². The van der Waals surface area contributed by atoms with E-state index in [4.69, 9.17) is 9.16 Å². The van der Waals surface area contributed by atoms with E-state index in [0.29, 0.717) is 12.8 Å². The number of hydrogen-bond acceptors (Lipinski definition) is 4. The SMILES string of the molecule is CCC1(CC)C(=O)OC(=O)C1[SiH](C)OC.